The van der Waals surface area contributed by atoms with Crippen LogP contribution in [0.2, 0.25) is 0 Å². The van der Waals surface area contributed by atoms with Gasteiger partial charge in [-0.15, -0.1) is 0 Å². The van der Waals surface area contributed by atoms with Crippen LogP contribution in [0.15, 0.2) is 12.1 Å². The molecule has 0 unspecified atom stereocenters. The fraction of sp³-hybridized carbons (Fsp3) is 0.333. The molecule has 1 aromatic rings. The van der Waals surface area contributed by atoms with E-state index in [0.29, 0.717) is 5.75 Å². The molecule has 0 atom stereocenters. The standard InChI is InChI=1S/C9H13O6P/c1-13-7-4-6(16(10,11)12)5-8(14-2)9(7)15-3/h4-5H,1-3H3,(H2,10,11,12). The maximum Gasteiger partial charge on any atom is 0.356 e. The second kappa shape index (κ2) is 4.74. The summed E-state index contributed by atoms with van der Waals surface area (Å²) in [6.07, 6.45) is 0. The highest BCUT2D eigenvalue weighted by Gasteiger charge is 2.23. The molecular weight excluding hydrogens is 235 g/mol. The number of methoxy groups -OCH3 is 3. The zero-order valence-corrected chi connectivity index (χ0v) is 10.0. The highest BCUT2D eigenvalue weighted by Crippen LogP contribution is 2.42. The van der Waals surface area contributed by atoms with Crippen molar-refractivity contribution in [3.05, 3.63) is 12.1 Å². The lowest BCUT2D eigenvalue weighted by Crippen LogP contribution is -2.07. The first-order valence-corrected chi connectivity index (χ1v) is 5.91. The predicted octanol–water partition coefficient (Wildman–Crippen LogP) is 0.515. The maximum atomic E-state index is 11.1. The van der Waals surface area contributed by atoms with Crippen LogP contribution in [0.25, 0.3) is 0 Å². The summed E-state index contributed by atoms with van der Waals surface area (Å²) in [5, 5.41) is -0.179. The average Bonchev–Trinajstić information content (AvgIpc) is 2.25. The van der Waals surface area contributed by atoms with E-state index in [1.807, 2.05) is 0 Å². The molecule has 0 amide bonds. The number of hydrogen-bond acceptors (Lipinski definition) is 4. The first-order chi connectivity index (χ1) is 7.43. The highest BCUT2D eigenvalue weighted by atomic mass is 31.2. The summed E-state index contributed by atoms with van der Waals surface area (Å²) in [6.45, 7) is 0. The lowest BCUT2D eigenvalue weighted by Gasteiger charge is -2.14. The molecule has 0 aromatic heterocycles. The van der Waals surface area contributed by atoms with Gasteiger partial charge in [-0.3, -0.25) is 4.57 Å². The van der Waals surface area contributed by atoms with Crippen molar-refractivity contribution in [2.24, 2.45) is 0 Å². The van der Waals surface area contributed by atoms with Crippen molar-refractivity contribution in [1.82, 2.24) is 0 Å². The molecule has 0 saturated heterocycles. The second-order valence-electron chi connectivity index (χ2n) is 2.93. The topological polar surface area (TPSA) is 85.2 Å². The van der Waals surface area contributed by atoms with Crippen molar-refractivity contribution < 1.29 is 28.6 Å². The van der Waals surface area contributed by atoms with Gasteiger partial charge in [0.05, 0.1) is 26.6 Å². The maximum absolute atomic E-state index is 11.1. The summed E-state index contributed by atoms with van der Waals surface area (Å²) in [7, 11) is -0.179. The van der Waals surface area contributed by atoms with Gasteiger partial charge in [-0.2, -0.15) is 0 Å². The van der Waals surface area contributed by atoms with Crippen molar-refractivity contribution in [3.63, 3.8) is 0 Å². The summed E-state index contributed by atoms with van der Waals surface area (Å²) < 4.78 is 26.1. The summed E-state index contributed by atoms with van der Waals surface area (Å²) in [5.41, 5.74) is 0. The van der Waals surface area contributed by atoms with Crippen LogP contribution in [0.3, 0.4) is 0 Å². The normalized spacial score (nSPS) is 11.1. The van der Waals surface area contributed by atoms with E-state index in [9.17, 15) is 4.57 Å². The molecule has 0 bridgehead atoms. The Kier molecular flexibility index (Phi) is 3.80. The molecule has 0 heterocycles. The van der Waals surface area contributed by atoms with E-state index in [1.54, 1.807) is 0 Å². The molecule has 90 valence electrons. The van der Waals surface area contributed by atoms with Crippen LogP contribution in [-0.2, 0) is 4.57 Å². The lowest BCUT2D eigenvalue weighted by atomic mass is 10.3. The number of rotatable bonds is 4. The molecule has 0 aliphatic rings. The Balaban J connectivity index is 3.43. The monoisotopic (exact) mass is 248 g/mol. The Morgan fingerprint density at radius 3 is 1.69 bits per heavy atom. The van der Waals surface area contributed by atoms with E-state index in [0.717, 1.165) is 0 Å². The second-order valence-corrected chi connectivity index (χ2v) is 4.53. The minimum Gasteiger partial charge on any atom is -0.493 e. The Hall–Kier alpha value is -1.23. The van der Waals surface area contributed by atoms with Gasteiger partial charge in [0, 0.05) is 0 Å². The molecule has 0 aliphatic heterocycles. The van der Waals surface area contributed by atoms with Crippen LogP contribution < -0.4 is 19.5 Å². The van der Waals surface area contributed by atoms with Gasteiger partial charge in [0.15, 0.2) is 11.5 Å². The van der Waals surface area contributed by atoms with Crippen LogP contribution in [0.5, 0.6) is 17.2 Å². The highest BCUT2D eigenvalue weighted by molar-refractivity contribution is 7.60. The van der Waals surface area contributed by atoms with E-state index in [4.69, 9.17) is 24.0 Å². The van der Waals surface area contributed by atoms with Gasteiger partial charge < -0.3 is 24.0 Å². The van der Waals surface area contributed by atoms with Crippen LogP contribution in [0.4, 0.5) is 0 Å². The Morgan fingerprint density at radius 1 is 1.00 bits per heavy atom. The Labute approximate surface area is 92.9 Å². The SMILES string of the molecule is COc1cc(P(=O)(O)O)cc(OC)c1OC. The first-order valence-electron chi connectivity index (χ1n) is 4.30. The molecule has 7 heteroatoms. The number of ether oxygens (including phenoxy) is 3. The van der Waals surface area contributed by atoms with E-state index in [1.165, 1.54) is 33.5 Å². The van der Waals surface area contributed by atoms with Gasteiger partial charge in [0.1, 0.15) is 0 Å². The molecule has 6 nitrogen and oxygen atoms in total. The molecule has 1 aromatic carbocycles. The van der Waals surface area contributed by atoms with Gasteiger partial charge in [0.25, 0.3) is 0 Å². The van der Waals surface area contributed by atoms with Gasteiger partial charge in [-0.05, 0) is 12.1 Å². The molecule has 0 radical (unpaired) electrons. The minimum absolute atomic E-state index is 0.179. The average molecular weight is 248 g/mol. The smallest absolute Gasteiger partial charge is 0.356 e. The fourth-order valence-electron chi connectivity index (χ4n) is 1.24. The van der Waals surface area contributed by atoms with E-state index < -0.39 is 7.60 Å². The molecule has 0 aliphatic carbocycles. The minimum atomic E-state index is -4.34. The van der Waals surface area contributed by atoms with Crippen LogP contribution >= 0.6 is 7.60 Å². The molecule has 2 N–H and O–H groups in total. The summed E-state index contributed by atoms with van der Waals surface area (Å²) >= 11 is 0. The zero-order chi connectivity index (χ0) is 12.3. The van der Waals surface area contributed by atoms with Crippen molar-refractivity contribution in [1.29, 1.82) is 0 Å². The zero-order valence-electron chi connectivity index (χ0n) is 9.13. The Morgan fingerprint density at radius 2 is 1.44 bits per heavy atom. The van der Waals surface area contributed by atoms with Gasteiger partial charge in [-0.1, -0.05) is 0 Å². The van der Waals surface area contributed by atoms with Crippen LogP contribution in [-0.4, -0.2) is 31.1 Å². The largest absolute Gasteiger partial charge is 0.493 e. The molecule has 16 heavy (non-hydrogen) atoms. The number of hydrogen-bond donors (Lipinski definition) is 2. The van der Waals surface area contributed by atoms with Crippen molar-refractivity contribution in [2.45, 2.75) is 0 Å². The molecule has 0 fully saturated rings. The van der Waals surface area contributed by atoms with Crippen LogP contribution in [0.1, 0.15) is 0 Å². The van der Waals surface area contributed by atoms with Gasteiger partial charge in [-0.25, -0.2) is 0 Å². The molecule has 0 spiro atoms. The quantitative estimate of drug-likeness (QED) is 0.755. The summed E-state index contributed by atoms with van der Waals surface area (Å²) in [5.74, 6) is 0.711. The Bertz CT molecular complexity index is 399. The predicted molar refractivity (Wildman–Crippen MR) is 57.8 cm³/mol. The third-order valence-electron chi connectivity index (χ3n) is 1.99. The number of benzene rings is 1. The van der Waals surface area contributed by atoms with Crippen molar-refractivity contribution >= 4 is 12.9 Å². The fourth-order valence-corrected chi connectivity index (χ4v) is 1.81. The van der Waals surface area contributed by atoms with Gasteiger partial charge in [0.2, 0.25) is 5.75 Å². The van der Waals surface area contributed by atoms with E-state index in [-0.39, 0.29) is 16.8 Å². The van der Waals surface area contributed by atoms with Crippen molar-refractivity contribution in [2.75, 3.05) is 21.3 Å². The molecule has 0 saturated carbocycles. The van der Waals surface area contributed by atoms with E-state index >= 15 is 0 Å². The first kappa shape index (κ1) is 12.8. The lowest BCUT2D eigenvalue weighted by molar-refractivity contribution is 0.324. The molecule has 1 rings (SSSR count). The van der Waals surface area contributed by atoms with Gasteiger partial charge >= 0.3 is 7.60 Å². The summed E-state index contributed by atoms with van der Waals surface area (Å²) in [6, 6.07) is 2.45. The third-order valence-corrected chi connectivity index (χ3v) is 2.92. The van der Waals surface area contributed by atoms with Crippen molar-refractivity contribution in [3.8, 4) is 17.2 Å². The third kappa shape index (κ3) is 2.47. The van der Waals surface area contributed by atoms with Crippen LogP contribution in [0, 0.1) is 0 Å². The summed E-state index contributed by atoms with van der Waals surface area (Å²) in [4.78, 5) is 18.1. The molecular formula is C9H13O6P. The van der Waals surface area contributed by atoms with E-state index in [2.05, 4.69) is 0 Å².